The van der Waals surface area contributed by atoms with Crippen LogP contribution in [0.2, 0.25) is 0 Å². The van der Waals surface area contributed by atoms with Gasteiger partial charge >= 0.3 is 0 Å². The number of hydrogen-bond acceptors (Lipinski definition) is 2. The topological polar surface area (TPSA) is 35.6 Å². The van der Waals surface area contributed by atoms with Crippen molar-refractivity contribution in [1.29, 1.82) is 0 Å². The highest BCUT2D eigenvalue weighted by atomic mass is 15.1. The lowest BCUT2D eigenvalue weighted by atomic mass is 10.1. The van der Waals surface area contributed by atoms with Gasteiger partial charge in [0.2, 0.25) is 0 Å². The molecule has 0 saturated heterocycles. The van der Waals surface area contributed by atoms with Crippen LogP contribution in [0.5, 0.6) is 0 Å². The largest absolute Gasteiger partial charge is 0.307 e. The normalized spacial score (nSPS) is 11.8. The average Bonchev–Trinajstić information content (AvgIpc) is 3.58. The summed E-state index contributed by atoms with van der Waals surface area (Å²) in [5.41, 5.74) is 7.65. The van der Waals surface area contributed by atoms with E-state index in [1.165, 1.54) is 32.6 Å². The highest BCUT2D eigenvalue weighted by molar-refractivity contribution is 6.24. The van der Waals surface area contributed by atoms with Crippen LogP contribution in [0.1, 0.15) is 0 Å². The van der Waals surface area contributed by atoms with Crippen molar-refractivity contribution in [1.82, 2.24) is 19.1 Å². The molecule has 0 amide bonds. The van der Waals surface area contributed by atoms with E-state index in [4.69, 9.17) is 9.97 Å². The van der Waals surface area contributed by atoms with Gasteiger partial charge in [-0.25, -0.2) is 9.97 Å². The molecule has 3 heterocycles. The Bertz CT molecular complexity index is 2450. The van der Waals surface area contributed by atoms with Gasteiger partial charge in [0.15, 0.2) is 5.82 Å². The monoisotopic (exact) mass is 536 g/mol. The Hall–Kier alpha value is -5.74. The molecular formula is C38H24N4. The molecule has 3 aromatic heterocycles. The van der Waals surface area contributed by atoms with Crippen LogP contribution in [-0.4, -0.2) is 19.1 Å². The molecule has 9 rings (SSSR count). The number of aromatic nitrogens is 4. The molecular weight excluding hydrogens is 512 g/mol. The van der Waals surface area contributed by atoms with Crippen molar-refractivity contribution in [2.75, 3.05) is 0 Å². The van der Waals surface area contributed by atoms with Gasteiger partial charge in [0.05, 0.1) is 27.6 Å². The molecule has 9 aromatic rings. The zero-order valence-corrected chi connectivity index (χ0v) is 22.6. The van der Waals surface area contributed by atoms with Crippen LogP contribution in [0.3, 0.4) is 0 Å². The second-order valence-electron chi connectivity index (χ2n) is 10.7. The zero-order chi connectivity index (χ0) is 27.6. The number of rotatable bonds is 3. The summed E-state index contributed by atoms with van der Waals surface area (Å²) in [5.74, 6) is 1.59. The number of hydrogen-bond donors (Lipinski definition) is 0. The minimum absolute atomic E-state index is 0.714. The molecule has 6 aromatic carbocycles. The highest BCUT2D eigenvalue weighted by Crippen LogP contribution is 2.42. The van der Waals surface area contributed by atoms with Gasteiger partial charge < -0.3 is 4.57 Å². The number of benzene rings is 6. The van der Waals surface area contributed by atoms with Gasteiger partial charge in [0.25, 0.3) is 0 Å². The molecule has 0 N–H and O–H groups in total. The summed E-state index contributed by atoms with van der Waals surface area (Å²) >= 11 is 0. The second-order valence-corrected chi connectivity index (χ2v) is 10.7. The van der Waals surface area contributed by atoms with Crippen molar-refractivity contribution >= 4 is 54.5 Å². The van der Waals surface area contributed by atoms with Crippen molar-refractivity contribution in [2.24, 2.45) is 0 Å². The van der Waals surface area contributed by atoms with Gasteiger partial charge in [-0.1, -0.05) is 109 Å². The Balaban J connectivity index is 1.53. The van der Waals surface area contributed by atoms with Crippen molar-refractivity contribution in [3.8, 4) is 22.9 Å². The lowest BCUT2D eigenvalue weighted by Crippen LogP contribution is -2.04. The first-order valence-electron chi connectivity index (χ1n) is 14.2. The maximum Gasteiger partial charge on any atom is 0.162 e. The average molecular weight is 537 g/mol. The van der Waals surface area contributed by atoms with Crippen LogP contribution in [-0.2, 0) is 0 Å². The highest BCUT2D eigenvalue weighted by Gasteiger charge is 2.23. The summed E-state index contributed by atoms with van der Waals surface area (Å²) in [6, 6.07) is 51.1. The Morgan fingerprint density at radius 3 is 1.60 bits per heavy atom. The van der Waals surface area contributed by atoms with E-state index in [9.17, 15) is 0 Å². The van der Waals surface area contributed by atoms with E-state index >= 15 is 0 Å². The number of para-hydroxylation sites is 4. The van der Waals surface area contributed by atoms with Gasteiger partial charge in [0, 0.05) is 38.2 Å². The van der Waals surface area contributed by atoms with E-state index in [1.807, 2.05) is 24.3 Å². The zero-order valence-electron chi connectivity index (χ0n) is 22.6. The standard InChI is InChI=1S/C38H24N4/c1-3-13-25(14-4-1)37-39-32-20-10-7-19-31(32)38(40-37)42-34-22-12-9-18-28(34)30-24-23-29-27-17-8-11-21-33(27)41(35(29)36(30)42)26-15-5-2-6-16-26/h1-24H. The third-order valence-corrected chi connectivity index (χ3v) is 8.31. The molecule has 4 heteroatoms. The van der Waals surface area contributed by atoms with E-state index < -0.39 is 0 Å². The fraction of sp³-hybridized carbons (Fsp3) is 0. The van der Waals surface area contributed by atoms with E-state index in [0.717, 1.165) is 39.0 Å². The molecule has 0 fully saturated rings. The van der Waals surface area contributed by atoms with Crippen molar-refractivity contribution < 1.29 is 0 Å². The predicted octanol–water partition coefficient (Wildman–Crippen LogP) is 9.49. The minimum atomic E-state index is 0.714. The number of fused-ring (bicyclic) bond motifs is 8. The van der Waals surface area contributed by atoms with Crippen LogP contribution in [0.15, 0.2) is 146 Å². The Kier molecular flexibility index (Phi) is 4.87. The van der Waals surface area contributed by atoms with Gasteiger partial charge in [-0.15, -0.1) is 0 Å². The summed E-state index contributed by atoms with van der Waals surface area (Å²) in [7, 11) is 0. The first-order valence-corrected chi connectivity index (χ1v) is 14.2. The third-order valence-electron chi connectivity index (χ3n) is 8.31. The molecule has 196 valence electrons. The molecule has 0 aliphatic rings. The molecule has 0 aliphatic carbocycles. The van der Waals surface area contributed by atoms with Crippen LogP contribution in [0.4, 0.5) is 0 Å². The first-order chi connectivity index (χ1) is 20.9. The van der Waals surface area contributed by atoms with Crippen LogP contribution in [0.25, 0.3) is 77.4 Å². The maximum atomic E-state index is 5.32. The summed E-state index contributed by atoms with van der Waals surface area (Å²) in [6.45, 7) is 0. The van der Waals surface area contributed by atoms with Crippen LogP contribution in [0, 0.1) is 0 Å². The van der Waals surface area contributed by atoms with E-state index in [1.54, 1.807) is 0 Å². The Morgan fingerprint density at radius 2 is 0.905 bits per heavy atom. The Morgan fingerprint density at radius 1 is 0.381 bits per heavy atom. The molecule has 0 aliphatic heterocycles. The van der Waals surface area contributed by atoms with Crippen molar-refractivity contribution in [3.63, 3.8) is 0 Å². The first kappa shape index (κ1) is 23.0. The van der Waals surface area contributed by atoms with E-state index in [2.05, 4.69) is 130 Å². The molecule has 0 saturated carbocycles. The molecule has 0 radical (unpaired) electrons. The fourth-order valence-electron chi connectivity index (χ4n) is 6.51. The van der Waals surface area contributed by atoms with Crippen LogP contribution >= 0.6 is 0 Å². The van der Waals surface area contributed by atoms with Gasteiger partial charge in [-0.05, 0) is 36.4 Å². The maximum absolute atomic E-state index is 5.32. The number of nitrogens with zero attached hydrogens (tertiary/aromatic N) is 4. The third kappa shape index (κ3) is 3.23. The molecule has 0 atom stereocenters. The summed E-state index contributed by atoms with van der Waals surface area (Å²) in [5, 5.41) is 5.85. The van der Waals surface area contributed by atoms with Gasteiger partial charge in [-0.3, -0.25) is 4.57 Å². The molecule has 4 nitrogen and oxygen atoms in total. The lowest BCUT2D eigenvalue weighted by Gasteiger charge is -2.14. The van der Waals surface area contributed by atoms with Crippen molar-refractivity contribution in [2.45, 2.75) is 0 Å². The second kappa shape index (κ2) is 8.88. The Labute approximate surface area is 241 Å². The molecule has 0 unspecified atom stereocenters. The fourth-order valence-corrected chi connectivity index (χ4v) is 6.51. The van der Waals surface area contributed by atoms with Gasteiger partial charge in [-0.2, -0.15) is 0 Å². The van der Waals surface area contributed by atoms with Crippen LogP contribution < -0.4 is 0 Å². The predicted molar refractivity (Wildman–Crippen MR) is 174 cm³/mol. The van der Waals surface area contributed by atoms with Gasteiger partial charge in [0.1, 0.15) is 5.82 Å². The summed E-state index contributed by atoms with van der Waals surface area (Å²) in [6.07, 6.45) is 0. The summed E-state index contributed by atoms with van der Waals surface area (Å²) in [4.78, 5) is 10.3. The minimum Gasteiger partial charge on any atom is -0.307 e. The van der Waals surface area contributed by atoms with E-state index in [0.29, 0.717) is 5.82 Å². The molecule has 0 bridgehead atoms. The summed E-state index contributed by atoms with van der Waals surface area (Å²) < 4.78 is 4.77. The van der Waals surface area contributed by atoms with Crippen molar-refractivity contribution in [3.05, 3.63) is 146 Å². The lowest BCUT2D eigenvalue weighted by molar-refractivity contribution is 1.07. The quantitative estimate of drug-likeness (QED) is 0.225. The molecule has 0 spiro atoms. The molecule has 42 heavy (non-hydrogen) atoms. The van der Waals surface area contributed by atoms with E-state index in [-0.39, 0.29) is 0 Å². The smallest absolute Gasteiger partial charge is 0.162 e. The SMILES string of the molecule is c1ccc(-c2nc(-n3c4ccccc4c4ccc5c6ccccc6n(-c6ccccc6)c5c43)c3ccccc3n2)cc1.